The van der Waals surface area contributed by atoms with Gasteiger partial charge in [-0.25, -0.2) is 0 Å². The van der Waals surface area contributed by atoms with Crippen LogP contribution < -0.4 is 9.47 Å². The molecule has 2 aliphatic rings. The van der Waals surface area contributed by atoms with Crippen molar-refractivity contribution in [3.8, 4) is 17.2 Å². The molecule has 34 heavy (non-hydrogen) atoms. The number of piperazine rings is 1. The van der Waals surface area contributed by atoms with Crippen LogP contribution in [0.4, 0.5) is 0 Å². The van der Waals surface area contributed by atoms with Crippen molar-refractivity contribution >= 4 is 22.8 Å². The number of ether oxygens (including phenoxy) is 2. The van der Waals surface area contributed by atoms with Crippen molar-refractivity contribution in [2.24, 2.45) is 0 Å². The van der Waals surface area contributed by atoms with Gasteiger partial charge in [0, 0.05) is 67.5 Å². The number of likely N-dealkylation sites (N-methyl/N-ethyl adjacent to an activating group) is 1. The van der Waals surface area contributed by atoms with E-state index in [0.717, 1.165) is 67.2 Å². The van der Waals surface area contributed by atoms with E-state index in [0.29, 0.717) is 16.9 Å². The molecule has 2 aromatic carbocycles. The summed E-state index contributed by atoms with van der Waals surface area (Å²) in [6.45, 7) is 10.0. The molecule has 2 aliphatic heterocycles. The molecule has 7 heteroatoms. The molecule has 0 radical (unpaired) electrons. The number of nitrogens with zero attached hydrogens (tertiary/aromatic N) is 3. The molecule has 3 aromatic rings. The third-order valence-corrected chi connectivity index (χ3v) is 7.08. The van der Waals surface area contributed by atoms with Crippen LogP contribution in [0, 0.1) is 13.8 Å². The van der Waals surface area contributed by atoms with E-state index in [9.17, 15) is 9.90 Å². The van der Waals surface area contributed by atoms with E-state index in [-0.39, 0.29) is 17.3 Å². The summed E-state index contributed by atoms with van der Waals surface area (Å²) in [7, 11) is 3.83. The van der Waals surface area contributed by atoms with Gasteiger partial charge in [0.25, 0.3) is 0 Å². The molecular formula is C27H31N3O4. The second kappa shape index (κ2) is 8.81. The number of aromatic nitrogens is 1. The number of aromatic hydroxyl groups is 1. The van der Waals surface area contributed by atoms with Crippen LogP contribution in [0.25, 0.3) is 17.0 Å². The van der Waals surface area contributed by atoms with Crippen molar-refractivity contribution in [1.29, 1.82) is 0 Å². The van der Waals surface area contributed by atoms with Crippen LogP contribution >= 0.6 is 0 Å². The number of benzene rings is 2. The number of phenols is 1. The maximum atomic E-state index is 13.1. The summed E-state index contributed by atoms with van der Waals surface area (Å²) in [6.07, 6.45) is 1.83. The molecule has 0 saturated carbocycles. The van der Waals surface area contributed by atoms with E-state index in [1.165, 1.54) is 6.07 Å². The molecule has 0 spiro atoms. The highest BCUT2D eigenvalue weighted by molar-refractivity contribution is 6.15. The molecular weight excluding hydrogens is 430 g/mol. The minimum absolute atomic E-state index is 0.120. The quantitative estimate of drug-likeness (QED) is 0.583. The Morgan fingerprint density at radius 3 is 2.59 bits per heavy atom. The number of carbonyl (C=O) groups is 1. The van der Waals surface area contributed by atoms with Gasteiger partial charge in [0.05, 0.1) is 12.7 Å². The summed E-state index contributed by atoms with van der Waals surface area (Å²) < 4.78 is 13.7. The number of fused-ring (bicyclic) bond motifs is 2. The predicted molar refractivity (Wildman–Crippen MR) is 133 cm³/mol. The lowest BCUT2D eigenvalue weighted by Gasteiger charge is -2.32. The number of Topliss-reactive ketones (excluding diaryl/α,β-unsaturated/α-hetero) is 1. The van der Waals surface area contributed by atoms with Gasteiger partial charge < -0.3 is 24.0 Å². The first-order valence-corrected chi connectivity index (χ1v) is 11.7. The largest absolute Gasteiger partial charge is 0.508 e. The summed E-state index contributed by atoms with van der Waals surface area (Å²) >= 11 is 0. The predicted octanol–water partition coefficient (Wildman–Crippen LogP) is 3.84. The normalized spacial score (nSPS) is 18.0. The lowest BCUT2D eigenvalue weighted by Crippen LogP contribution is -2.45. The SMILES string of the molecule is COc1ccc2c(c1)c(C=C1Oc3cc(O)c(C)cc3C1=O)c(C)n2CCN1CCN(C)CC1. The summed E-state index contributed by atoms with van der Waals surface area (Å²) in [6, 6.07) is 9.27. The fraction of sp³-hybridized carbons (Fsp3) is 0.370. The van der Waals surface area contributed by atoms with Crippen LogP contribution in [0.15, 0.2) is 36.1 Å². The van der Waals surface area contributed by atoms with Crippen LogP contribution in [0.2, 0.25) is 0 Å². The van der Waals surface area contributed by atoms with Crippen LogP contribution in [-0.4, -0.2) is 72.1 Å². The maximum absolute atomic E-state index is 13.1. The van der Waals surface area contributed by atoms with E-state index in [2.05, 4.69) is 34.4 Å². The van der Waals surface area contributed by atoms with Crippen molar-refractivity contribution in [3.63, 3.8) is 0 Å². The molecule has 1 saturated heterocycles. The van der Waals surface area contributed by atoms with E-state index in [4.69, 9.17) is 9.47 Å². The first kappa shape index (κ1) is 22.5. The zero-order chi connectivity index (χ0) is 24.0. The number of hydrogen-bond donors (Lipinski definition) is 1. The fourth-order valence-corrected chi connectivity index (χ4v) is 4.86. The average molecular weight is 462 g/mol. The highest BCUT2D eigenvalue weighted by Crippen LogP contribution is 2.38. The van der Waals surface area contributed by atoms with Gasteiger partial charge in [0.1, 0.15) is 17.2 Å². The number of ketones is 1. The lowest BCUT2D eigenvalue weighted by molar-refractivity contribution is 0.101. The van der Waals surface area contributed by atoms with Gasteiger partial charge in [-0.2, -0.15) is 0 Å². The minimum atomic E-state index is -0.168. The number of aryl methyl sites for hydroxylation is 1. The molecule has 5 rings (SSSR count). The smallest absolute Gasteiger partial charge is 0.231 e. The van der Waals surface area contributed by atoms with Crippen molar-refractivity contribution in [2.75, 3.05) is 46.9 Å². The van der Waals surface area contributed by atoms with Crippen LogP contribution in [0.3, 0.4) is 0 Å². The minimum Gasteiger partial charge on any atom is -0.508 e. The number of carbonyl (C=O) groups excluding carboxylic acids is 1. The number of rotatable bonds is 5. The second-order valence-corrected chi connectivity index (χ2v) is 9.25. The van der Waals surface area contributed by atoms with Gasteiger partial charge in [-0.3, -0.25) is 9.69 Å². The Labute approximate surface area is 199 Å². The molecule has 0 atom stereocenters. The average Bonchev–Trinajstić information content (AvgIpc) is 3.27. The van der Waals surface area contributed by atoms with Crippen LogP contribution in [0.5, 0.6) is 17.2 Å². The molecule has 178 valence electrons. The Morgan fingerprint density at radius 2 is 1.85 bits per heavy atom. The molecule has 0 aliphatic carbocycles. The summed E-state index contributed by atoms with van der Waals surface area (Å²) in [5.41, 5.74) is 4.27. The Bertz CT molecular complexity index is 1300. The van der Waals surface area contributed by atoms with Crippen LogP contribution in [-0.2, 0) is 6.54 Å². The summed E-state index contributed by atoms with van der Waals surface area (Å²) in [5.74, 6) is 1.39. The lowest BCUT2D eigenvalue weighted by atomic mass is 10.0. The standard InChI is InChI=1S/C27H31N3O4/c1-17-13-22-25(16-24(17)31)34-26(27(22)32)15-20-18(2)30(12-11-29-9-7-28(3)8-10-29)23-6-5-19(33-4)14-21(20)23/h5-6,13-16,31H,7-12H2,1-4H3. The van der Waals surface area contributed by atoms with Gasteiger partial charge in [-0.05, 0) is 56.8 Å². The molecule has 3 heterocycles. The van der Waals surface area contributed by atoms with Gasteiger partial charge in [0.15, 0.2) is 5.76 Å². The third kappa shape index (κ3) is 3.95. The maximum Gasteiger partial charge on any atom is 0.231 e. The molecule has 0 bridgehead atoms. The monoisotopic (exact) mass is 461 g/mol. The van der Waals surface area contributed by atoms with E-state index < -0.39 is 0 Å². The zero-order valence-corrected chi connectivity index (χ0v) is 20.2. The molecule has 1 N–H and O–H groups in total. The van der Waals surface area contributed by atoms with Gasteiger partial charge in [0.2, 0.25) is 5.78 Å². The van der Waals surface area contributed by atoms with Crippen molar-refractivity contribution in [2.45, 2.75) is 20.4 Å². The highest BCUT2D eigenvalue weighted by atomic mass is 16.5. The topological polar surface area (TPSA) is 67.2 Å². The molecule has 1 aromatic heterocycles. The Morgan fingerprint density at radius 1 is 1.09 bits per heavy atom. The Hall–Kier alpha value is -3.29. The Kier molecular flexibility index (Phi) is 5.83. The summed E-state index contributed by atoms with van der Waals surface area (Å²) in [5, 5.41) is 11.1. The molecule has 0 amide bonds. The van der Waals surface area contributed by atoms with Gasteiger partial charge >= 0.3 is 0 Å². The van der Waals surface area contributed by atoms with Crippen LogP contribution in [0.1, 0.15) is 27.2 Å². The second-order valence-electron chi connectivity index (χ2n) is 9.25. The first-order chi connectivity index (χ1) is 16.4. The van der Waals surface area contributed by atoms with E-state index in [1.807, 2.05) is 18.2 Å². The molecule has 0 unspecified atom stereocenters. The van der Waals surface area contributed by atoms with E-state index in [1.54, 1.807) is 20.1 Å². The molecule has 7 nitrogen and oxygen atoms in total. The van der Waals surface area contributed by atoms with E-state index >= 15 is 0 Å². The van der Waals surface area contributed by atoms with Gasteiger partial charge in [-0.1, -0.05) is 0 Å². The fourth-order valence-electron chi connectivity index (χ4n) is 4.86. The van der Waals surface area contributed by atoms with Crippen molar-refractivity contribution < 1.29 is 19.4 Å². The number of methoxy groups -OCH3 is 1. The van der Waals surface area contributed by atoms with Gasteiger partial charge in [-0.15, -0.1) is 0 Å². The highest BCUT2D eigenvalue weighted by Gasteiger charge is 2.29. The summed E-state index contributed by atoms with van der Waals surface area (Å²) in [4.78, 5) is 17.9. The first-order valence-electron chi connectivity index (χ1n) is 11.7. The Balaban J connectivity index is 1.52. The third-order valence-electron chi connectivity index (χ3n) is 7.08. The van der Waals surface area contributed by atoms with Crippen molar-refractivity contribution in [3.05, 3.63) is 58.5 Å². The number of phenolic OH excluding ortho intramolecular Hbond substituents is 1. The number of allylic oxidation sites excluding steroid dienone is 1. The molecule has 1 fully saturated rings. The zero-order valence-electron chi connectivity index (χ0n) is 20.2. The number of hydrogen-bond acceptors (Lipinski definition) is 6. The van der Waals surface area contributed by atoms with Crippen molar-refractivity contribution in [1.82, 2.24) is 14.4 Å².